The Kier molecular flexibility index (Phi) is 7.26. The number of Topliss-reactive ketones (excluding diaryl/α,β-unsaturated/α-hetero) is 2. The lowest BCUT2D eigenvalue weighted by Crippen LogP contribution is -2.26. The Balaban J connectivity index is 0.00000320. The van der Waals surface area contributed by atoms with Crippen LogP contribution in [-0.2, 0) is 19.6 Å². The van der Waals surface area contributed by atoms with Gasteiger partial charge in [-0.1, -0.05) is 71.0 Å². The normalized spacial score (nSPS) is 14.2. The average molecular weight is 432 g/mol. The first-order chi connectivity index (χ1) is 13.5. The lowest BCUT2D eigenvalue weighted by molar-refractivity contribution is 0.0800. The third-order valence-corrected chi connectivity index (χ3v) is 5.51. The number of hydrogen-bond donors (Lipinski definition) is 0. The van der Waals surface area contributed by atoms with Crippen molar-refractivity contribution in [3.8, 4) is 0 Å². The molecule has 1 aliphatic rings. The van der Waals surface area contributed by atoms with E-state index in [0.29, 0.717) is 5.56 Å². The van der Waals surface area contributed by atoms with Crippen LogP contribution in [0.3, 0.4) is 0 Å². The van der Waals surface area contributed by atoms with E-state index in [9.17, 15) is 14.0 Å². The van der Waals surface area contributed by atoms with Gasteiger partial charge in [0.2, 0.25) is 0 Å². The predicted octanol–water partition coefficient (Wildman–Crippen LogP) is 6.03. The number of carbonyl (C=O) groups is 2. The SMILES string of the molecule is CC(C)(C)C(=O)c1ccc2c(c1)CN(Cc1ccc(C(=O)C(C)(C)CF)cc1)C2.Cl. The second-order valence-electron chi connectivity index (χ2n) is 9.75. The van der Waals surface area contributed by atoms with Crippen molar-refractivity contribution in [2.24, 2.45) is 10.8 Å². The van der Waals surface area contributed by atoms with Crippen molar-refractivity contribution in [2.75, 3.05) is 6.67 Å². The standard InChI is InChI=1S/C25H30FNO2.ClH/c1-24(2,3)22(28)19-10-11-20-14-27(15-21(20)12-19)13-17-6-8-18(9-7-17)23(29)25(4,5)16-26;/h6-12H,13-16H2,1-5H3;1H. The summed E-state index contributed by atoms with van der Waals surface area (Å²) in [6.07, 6.45) is 0. The van der Waals surface area contributed by atoms with Gasteiger partial charge in [-0.25, -0.2) is 0 Å². The van der Waals surface area contributed by atoms with Crippen LogP contribution in [0.15, 0.2) is 42.5 Å². The van der Waals surface area contributed by atoms with E-state index in [1.54, 1.807) is 26.0 Å². The van der Waals surface area contributed by atoms with Gasteiger partial charge in [-0.2, -0.15) is 0 Å². The monoisotopic (exact) mass is 431 g/mol. The van der Waals surface area contributed by atoms with Crippen LogP contribution in [0.1, 0.15) is 72.0 Å². The number of alkyl halides is 1. The first-order valence-corrected chi connectivity index (χ1v) is 10.1. The van der Waals surface area contributed by atoms with Crippen LogP contribution in [0, 0.1) is 10.8 Å². The third kappa shape index (κ3) is 5.16. The lowest BCUT2D eigenvalue weighted by Gasteiger charge is -2.19. The molecular weight excluding hydrogens is 401 g/mol. The molecule has 0 bridgehead atoms. The molecule has 5 heteroatoms. The molecule has 3 nitrogen and oxygen atoms in total. The summed E-state index contributed by atoms with van der Waals surface area (Å²) in [5.41, 5.74) is 3.52. The molecule has 30 heavy (non-hydrogen) atoms. The summed E-state index contributed by atoms with van der Waals surface area (Å²) in [7, 11) is 0. The minimum atomic E-state index is -0.986. The molecule has 0 aromatic heterocycles. The fraction of sp³-hybridized carbons (Fsp3) is 0.440. The molecule has 0 saturated heterocycles. The van der Waals surface area contributed by atoms with Crippen LogP contribution in [0.25, 0.3) is 0 Å². The van der Waals surface area contributed by atoms with Crippen LogP contribution in [0.2, 0.25) is 0 Å². The van der Waals surface area contributed by atoms with Gasteiger partial charge in [0.1, 0.15) is 6.67 Å². The number of hydrogen-bond acceptors (Lipinski definition) is 3. The largest absolute Gasteiger partial charge is 0.294 e. The Bertz CT molecular complexity index is 929. The summed E-state index contributed by atoms with van der Waals surface area (Å²) in [4.78, 5) is 27.3. The quantitative estimate of drug-likeness (QED) is 0.524. The maximum absolute atomic E-state index is 13.1. The van der Waals surface area contributed by atoms with E-state index in [1.807, 2.05) is 45.0 Å². The van der Waals surface area contributed by atoms with E-state index in [4.69, 9.17) is 0 Å². The van der Waals surface area contributed by atoms with Crippen molar-refractivity contribution in [2.45, 2.75) is 54.3 Å². The lowest BCUT2D eigenvalue weighted by atomic mass is 9.85. The summed E-state index contributed by atoms with van der Waals surface area (Å²) in [5.74, 6) is -0.00798. The van der Waals surface area contributed by atoms with Gasteiger partial charge in [0, 0.05) is 36.2 Å². The van der Waals surface area contributed by atoms with Crippen LogP contribution in [-0.4, -0.2) is 23.1 Å². The highest BCUT2D eigenvalue weighted by atomic mass is 35.5. The molecule has 0 fully saturated rings. The summed E-state index contributed by atoms with van der Waals surface area (Å²) in [6.45, 7) is 10.8. The van der Waals surface area contributed by atoms with Gasteiger partial charge in [0.15, 0.2) is 11.6 Å². The molecule has 2 aromatic carbocycles. The minimum Gasteiger partial charge on any atom is -0.294 e. The highest BCUT2D eigenvalue weighted by Gasteiger charge is 2.29. The fourth-order valence-corrected chi connectivity index (χ4v) is 3.62. The molecule has 0 saturated carbocycles. The van der Waals surface area contributed by atoms with Crippen LogP contribution in [0.5, 0.6) is 0 Å². The van der Waals surface area contributed by atoms with Gasteiger partial charge >= 0.3 is 0 Å². The maximum atomic E-state index is 13.1. The Morgan fingerprint density at radius 1 is 0.867 bits per heavy atom. The number of ketones is 2. The first-order valence-electron chi connectivity index (χ1n) is 10.1. The van der Waals surface area contributed by atoms with E-state index < -0.39 is 12.1 Å². The van der Waals surface area contributed by atoms with Crippen molar-refractivity contribution in [1.29, 1.82) is 0 Å². The highest BCUT2D eigenvalue weighted by Crippen LogP contribution is 2.29. The summed E-state index contributed by atoms with van der Waals surface area (Å²) in [6, 6.07) is 13.5. The topological polar surface area (TPSA) is 37.4 Å². The fourth-order valence-electron chi connectivity index (χ4n) is 3.62. The predicted molar refractivity (Wildman–Crippen MR) is 121 cm³/mol. The Hall–Kier alpha value is -2.04. The van der Waals surface area contributed by atoms with Crippen LogP contribution in [0.4, 0.5) is 4.39 Å². The van der Waals surface area contributed by atoms with Crippen molar-refractivity contribution in [1.82, 2.24) is 4.90 Å². The number of rotatable bonds is 6. The number of nitrogens with zero attached hydrogens (tertiary/aromatic N) is 1. The summed E-state index contributed by atoms with van der Waals surface area (Å²) >= 11 is 0. The van der Waals surface area contributed by atoms with Gasteiger partial charge in [-0.15, -0.1) is 12.4 Å². The van der Waals surface area contributed by atoms with Crippen molar-refractivity contribution < 1.29 is 14.0 Å². The molecule has 2 aromatic rings. The van der Waals surface area contributed by atoms with Crippen molar-refractivity contribution in [3.63, 3.8) is 0 Å². The zero-order chi connectivity index (χ0) is 21.4. The minimum absolute atomic E-state index is 0. The average Bonchev–Trinajstić information content (AvgIpc) is 3.08. The first kappa shape index (κ1) is 24.2. The second-order valence-corrected chi connectivity index (χ2v) is 9.75. The highest BCUT2D eigenvalue weighted by molar-refractivity contribution is 6.00. The molecule has 1 aliphatic heterocycles. The third-order valence-electron chi connectivity index (χ3n) is 5.51. The smallest absolute Gasteiger partial charge is 0.171 e. The van der Waals surface area contributed by atoms with Gasteiger partial charge in [0.05, 0.1) is 5.41 Å². The number of carbonyl (C=O) groups excluding carboxylic acids is 2. The Morgan fingerprint density at radius 2 is 1.43 bits per heavy atom. The molecule has 162 valence electrons. The van der Waals surface area contributed by atoms with E-state index in [0.717, 1.165) is 30.8 Å². The maximum Gasteiger partial charge on any atom is 0.171 e. The zero-order valence-electron chi connectivity index (χ0n) is 18.4. The van der Waals surface area contributed by atoms with Crippen molar-refractivity contribution >= 4 is 24.0 Å². The summed E-state index contributed by atoms with van der Waals surface area (Å²) in [5, 5.41) is 0. The van der Waals surface area contributed by atoms with Crippen LogP contribution >= 0.6 is 12.4 Å². The summed E-state index contributed by atoms with van der Waals surface area (Å²) < 4.78 is 13.1. The molecule has 0 spiro atoms. The second kappa shape index (κ2) is 8.99. The molecular formula is C25H31ClFNO2. The van der Waals surface area contributed by atoms with E-state index >= 15 is 0 Å². The van der Waals surface area contributed by atoms with Gasteiger partial charge in [-0.3, -0.25) is 18.9 Å². The zero-order valence-corrected chi connectivity index (χ0v) is 19.2. The molecule has 3 rings (SSSR count). The molecule has 0 unspecified atom stereocenters. The molecule has 0 amide bonds. The van der Waals surface area contributed by atoms with E-state index in [1.165, 1.54) is 11.1 Å². The number of halogens is 2. The molecule has 0 atom stereocenters. The van der Waals surface area contributed by atoms with Crippen LogP contribution < -0.4 is 0 Å². The number of benzene rings is 2. The Labute approximate surface area is 185 Å². The van der Waals surface area contributed by atoms with E-state index in [2.05, 4.69) is 11.0 Å². The molecule has 0 N–H and O–H groups in total. The molecule has 1 heterocycles. The molecule has 0 radical (unpaired) electrons. The Morgan fingerprint density at radius 3 is 2.00 bits per heavy atom. The molecule has 0 aliphatic carbocycles. The van der Waals surface area contributed by atoms with Gasteiger partial charge in [0.25, 0.3) is 0 Å². The van der Waals surface area contributed by atoms with E-state index in [-0.39, 0.29) is 29.4 Å². The van der Waals surface area contributed by atoms with Crippen molar-refractivity contribution in [3.05, 3.63) is 70.3 Å². The number of fused-ring (bicyclic) bond motifs is 1. The van der Waals surface area contributed by atoms with Gasteiger partial charge < -0.3 is 0 Å². The van der Waals surface area contributed by atoms with Gasteiger partial charge in [-0.05, 0) is 22.8 Å².